The van der Waals surface area contributed by atoms with Crippen LogP contribution in [-0.4, -0.2) is 16.0 Å². The Bertz CT molecular complexity index is 724. The van der Waals surface area contributed by atoms with Crippen LogP contribution in [0, 0.1) is 5.41 Å². The summed E-state index contributed by atoms with van der Waals surface area (Å²) in [5.41, 5.74) is 2.83. The smallest absolute Gasteiger partial charge is 0.226 e. The van der Waals surface area contributed by atoms with Gasteiger partial charge in [-0.1, -0.05) is 6.92 Å². The van der Waals surface area contributed by atoms with E-state index in [0.29, 0.717) is 18.2 Å². The van der Waals surface area contributed by atoms with Crippen molar-refractivity contribution in [1.82, 2.24) is 10.3 Å². The molecule has 2 fully saturated rings. The van der Waals surface area contributed by atoms with E-state index in [1.165, 1.54) is 12.8 Å². The second-order valence-corrected chi connectivity index (χ2v) is 6.81. The van der Waals surface area contributed by atoms with E-state index in [-0.39, 0.29) is 11.3 Å². The van der Waals surface area contributed by atoms with Crippen molar-refractivity contribution in [3.05, 3.63) is 29.5 Å². The van der Waals surface area contributed by atoms with E-state index in [1.807, 2.05) is 6.92 Å². The number of aromatic hydroxyl groups is 1. The number of aromatic nitrogens is 1. The lowest BCUT2D eigenvalue weighted by Gasteiger charge is -2.08. The molecular weight excluding hydrogens is 264 g/mol. The first-order valence-electron chi connectivity index (χ1n) is 7.68. The number of rotatable bonds is 4. The third-order valence-electron chi connectivity index (χ3n) is 4.83. The van der Waals surface area contributed by atoms with Crippen LogP contribution in [0.5, 0.6) is 5.75 Å². The highest BCUT2D eigenvalue weighted by molar-refractivity contribution is 5.85. The second-order valence-electron chi connectivity index (χ2n) is 6.81. The molecule has 2 saturated carbocycles. The minimum absolute atomic E-state index is 0.135. The second kappa shape index (κ2) is 4.26. The number of phenolic OH excluding ortho intramolecular Hbond substituents is 1. The summed E-state index contributed by atoms with van der Waals surface area (Å²) in [6.45, 7) is 2.52. The minimum Gasteiger partial charge on any atom is -0.508 e. The molecule has 2 aromatic rings. The van der Waals surface area contributed by atoms with Crippen LogP contribution in [-0.2, 0) is 11.3 Å². The summed E-state index contributed by atoms with van der Waals surface area (Å²) in [6, 6.07) is 5.94. The number of hydrogen-bond donors (Lipinski definition) is 3. The van der Waals surface area contributed by atoms with E-state index < -0.39 is 0 Å². The summed E-state index contributed by atoms with van der Waals surface area (Å²) in [5.74, 6) is 1.05. The van der Waals surface area contributed by atoms with E-state index in [9.17, 15) is 9.90 Å². The lowest BCUT2D eigenvalue weighted by molar-refractivity contribution is -0.125. The van der Waals surface area contributed by atoms with E-state index in [0.717, 1.165) is 35.0 Å². The monoisotopic (exact) mass is 284 g/mol. The molecule has 4 nitrogen and oxygen atoms in total. The molecule has 1 aromatic carbocycles. The Balaban J connectivity index is 1.54. The first-order valence-corrected chi connectivity index (χ1v) is 7.68. The molecule has 4 rings (SSSR count). The van der Waals surface area contributed by atoms with Gasteiger partial charge in [0.25, 0.3) is 0 Å². The van der Waals surface area contributed by atoms with Crippen molar-refractivity contribution in [1.29, 1.82) is 0 Å². The number of amides is 1. The SMILES string of the molecule is CC1(C(=O)NCc2cc3cc(C4CC4)c(O)cc3[nH]2)CC1. The molecule has 3 N–H and O–H groups in total. The van der Waals surface area contributed by atoms with Gasteiger partial charge in [0.15, 0.2) is 0 Å². The van der Waals surface area contributed by atoms with Gasteiger partial charge >= 0.3 is 0 Å². The lowest BCUT2D eigenvalue weighted by Crippen LogP contribution is -2.29. The van der Waals surface area contributed by atoms with Crippen LogP contribution in [0.3, 0.4) is 0 Å². The highest BCUT2D eigenvalue weighted by atomic mass is 16.3. The van der Waals surface area contributed by atoms with E-state index in [4.69, 9.17) is 0 Å². The minimum atomic E-state index is -0.135. The van der Waals surface area contributed by atoms with Crippen LogP contribution < -0.4 is 5.32 Å². The van der Waals surface area contributed by atoms with Crippen molar-refractivity contribution < 1.29 is 9.90 Å². The van der Waals surface area contributed by atoms with E-state index >= 15 is 0 Å². The van der Waals surface area contributed by atoms with Crippen LogP contribution >= 0.6 is 0 Å². The zero-order valence-electron chi connectivity index (χ0n) is 12.2. The quantitative estimate of drug-likeness (QED) is 0.807. The Morgan fingerprint density at radius 3 is 2.81 bits per heavy atom. The Morgan fingerprint density at radius 2 is 2.14 bits per heavy atom. The number of nitrogens with one attached hydrogen (secondary N) is 2. The van der Waals surface area contributed by atoms with Crippen molar-refractivity contribution in [3.63, 3.8) is 0 Å². The van der Waals surface area contributed by atoms with Crippen LogP contribution in [0.2, 0.25) is 0 Å². The molecule has 0 radical (unpaired) electrons. The number of aromatic amines is 1. The van der Waals surface area contributed by atoms with Gasteiger partial charge < -0.3 is 15.4 Å². The average Bonchev–Trinajstić information content (AvgIpc) is 3.36. The largest absolute Gasteiger partial charge is 0.508 e. The highest BCUT2D eigenvalue weighted by Gasteiger charge is 2.44. The molecule has 0 unspecified atom stereocenters. The topological polar surface area (TPSA) is 65.1 Å². The van der Waals surface area contributed by atoms with Crippen LogP contribution in [0.4, 0.5) is 0 Å². The Labute approximate surface area is 123 Å². The van der Waals surface area contributed by atoms with E-state index in [2.05, 4.69) is 22.4 Å². The fraction of sp³-hybridized carbons (Fsp3) is 0.471. The maximum atomic E-state index is 12.0. The number of phenols is 1. The number of fused-ring (bicyclic) bond motifs is 1. The maximum absolute atomic E-state index is 12.0. The van der Waals surface area contributed by atoms with Gasteiger partial charge in [0.2, 0.25) is 5.91 Å². The van der Waals surface area contributed by atoms with Gasteiger partial charge in [-0.05, 0) is 49.3 Å². The molecule has 2 aliphatic carbocycles. The molecule has 1 amide bonds. The maximum Gasteiger partial charge on any atom is 0.226 e. The van der Waals surface area contributed by atoms with Gasteiger partial charge in [-0.15, -0.1) is 0 Å². The van der Waals surface area contributed by atoms with Crippen LogP contribution in [0.25, 0.3) is 10.9 Å². The molecule has 0 spiro atoms. The molecule has 21 heavy (non-hydrogen) atoms. The predicted molar refractivity (Wildman–Crippen MR) is 81.1 cm³/mol. The van der Waals surface area contributed by atoms with Crippen molar-refractivity contribution in [3.8, 4) is 5.75 Å². The first-order chi connectivity index (χ1) is 10.0. The van der Waals surface area contributed by atoms with Crippen LogP contribution in [0.1, 0.15) is 49.8 Å². The molecule has 110 valence electrons. The molecule has 1 heterocycles. The summed E-state index contributed by atoms with van der Waals surface area (Å²) < 4.78 is 0. The van der Waals surface area contributed by atoms with Gasteiger partial charge in [-0.25, -0.2) is 0 Å². The molecule has 4 heteroatoms. The molecule has 0 saturated heterocycles. The van der Waals surface area contributed by atoms with E-state index in [1.54, 1.807) is 6.07 Å². The average molecular weight is 284 g/mol. The number of H-pyrrole nitrogens is 1. The normalized spacial score (nSPS) is 19.7. The van der Waals surface area contributed by atoms with Crippen molar-refractivity contribution in [2.24, 2.45) is 5.41 Å². The highest BCUT2D eigenvalue weighted by Crippen LogP contribution is 2.46. The summed E-state index contributed by atoms with van der Waals surface area (Å²) in [4.78, 5) is 15.2. The zero-order valence-corrected chi connectivity index (χ0v) is 12.2. The standard InChI is InChI=1S/C17H20N2O2/c1-17(4-5-17)16(21)18-9-12-6-11-7-13(10-2-3-10)15(20)8-14(11)19-12/h6-8,10,19-20H,2-5,9H2,1H3,(H,18,21). The number of carbonyl (C=O) groups is 1. The third kappa shape index (κ3) is 2.28. The Kier molecular flexibility index (Phi) is 2.59. The number of benzene rings is 1. The van der Waals surface area contributed by atoms with Crippen molar-refractivity contribution in [2.75, 3.05) is 0 Å². The molecule has 0 bridgehead atoms. The third-order valence-corrected chi connectivity index (χ3v) is 4.83. The molecule has 2 aliphatic rings. The fourth-order valence-electron chi connectivity index (χ4n) is 2.87. The number of hydrogen-bond acceptors (Lipinski definition) is 2. The Morgan fingerprint density at radius 1 is 1.38 bits per heavy atom. The zero-order chi connectivity index (χ0) is 14.6. The Hall–Kier alpha value is -1.97. The molecule has 1 aromatic heterocycles. The van der Waals surface area contributed by atoms with Gasteiger partial charge in [-0.2, -0.15) is 0 Å². The molecular formula is C17H20N2O2. The summed E-state index contributed by atoms with van der Waals surface area (Å²) in [5, 5.41) is 14.2. The van der Waals surface area contributed by atoms with Crippen LogP contribution in [0.15, 0.2) is 18.2 Å². The van der Waals surface area contributed by atoms with Crippen molar-refractivity contribution in [2.45, 2.75) is 45.1 Å². The number of carbonyl (C=O) groups excluding carboxylic acids is 1. The summed E-state index contributed by atoms with van der Waals surface area (Å²) in [6.07, 6.45) is 4.32. The van der Waals surface area contributed by atoms with Gasteiger partial charge in [-0.3, -0.25) is 4.79 Å². The summed E-state index contributed by atoms with van der Waals surface area (Å²) >= 11 is 0. The summed E-state index contributed by atoms with van der Waals surface area (Å²) in [7, 11) is 0. The van der Waals surface area contributed by atoms with Gasteiger partial charge in [0, 0.05) is 28.1 Å². The lowest BCUT2D eigenvalue weighted by atomic mass is 10.1. The molecule has 0 aliphatic heterocycles. The van der Waals surface area contributed by atoms with Gasteiger partial charge in [0.1, 0.15) is 5.75 Å². The first kappa shape index (κ1) is 12.7. The van der Waals surface area contributed by atoms with Crippen molar-refractivity contribution >= 4 is 16.8 Å². The van der Waals surface area contributed by atoms with Gasteiger partial charge in [0.05, 0.1) is 6.54 Å². The predicted octanol–water partition coefficient (Wildman–Crippen LogP) is 3.17. The fourth-order valence-corrected chi connectivity index (χ4v) is 2.87. The molecule has 0 atom stereocenters.